The fraction of sp³-hybridized carbons (Fsp3) is 0.278. The van der Waals surface area contributed by atoms with E-state index in [1.165, 1.54) is 6.07 Å². The van der Waals surface area contributed by atoms with Gasteiger partial charge in [0.1, 0.15) is 12.4 Å². The number of para-hydroxylation sites is 1. The third kappa shape index (κ3) is 4.94. The minimum atomic E-state index is -0.969. The number of halogens is 2. The molecule has 0 radical (unpaired) electrons. The fourth-order valence-corrected chi connectivity index (χ4v) is 2.18. The number of urea groups is 1. The molecule has 128 valence electrons. The Labute approximate surface area is 139 Å². The van der Waals surface area contributed by atoms with Gasteiger partial charge in [0.25, 0.3) is 0 Å². The predicted octanol–water partition coefficient (Wildman–Crippen LogP) is 4.29. The van der Waals surface area contributed by atoms with Gasteiger partial charge in [0, 0.05) is 11.8 Å². The van der Waals surface area contributed by atoms with Crippen LogP contribution in [0.4, 0.5) is 19.3 Å². The van der Waals surface area contributed by atoms with Gasteiger partial charge in [-0.15, -0.1) is 0 Å². The average molecular weight is 334 g/mol. The molecule has 0 atom stereocenters. The Balaban J connectivity index is 1.78. The van der Waals surface area contributed by atoms with Crippen LogP contribution >= 0.6 is 0 Å². The predicted molar refractivity (Wildman–Crippen MR) is 89.4 cm³/mol. The van der Waals surface area contributed by atoms with Crippen LogP contribution in [0.25, 0.3) is 0 Å². The van der Waals surface area contributed by atoms with Crippen LogP contribution in [-0.2, 0) is 0 Å². The second-order valence-corrected chi connectivity index (χ2v) is 5.55. The summed E-state index contributed by atoms with van der Waals surface area (Å²) in [4.78, 5) is 11.9. The lowest BCUT2D eigenvalue weighted by Gasteiger charge is -2.14. The topological polar surface area (TPSA) is 50.4 Å². The van der Waals surface area contributed by atoms with Crippen molar-refractivity contribution >= 4 is 11.7 Å². The van der Waals surface area contributed by atoms with Gasteiger partial charge in [0.2, 0.25) is 0 Å². The Kier molecular flexibility index (Phi) is 6.12. The monoisotopic (exact) mass is 334 g/mol. The third-order valence-corrected chi connectivity index (χ3v) is 3.38. The summed E-state index contributed by atoms with van der Waals surface area (Å²) < 4.78 is 31.1. The van der Waals surface area contributed by atoms with E-state index in [0.717, 1.165) is 23.4 Å². The number of ether oxygens (including phenoxy) is 1. The minimum absolute atomic E-state index is 0.143. The molecule has 24 heavy (non-hydrogen) atoms. The van der Waals surface area contributed by atoms with Crippen molar-refractivity contribution in [2.75, 3.05) is 18.5 Å². The minimum Gasteiger partial charge on any atom is -0.492 e. The van der Waals surface area contributed by atoms with Gasteiger partial charge in [-0.05, 0) is 29.7 Å². The molecule has 2 amide bonds. The molecule has 0 aromatic heterocycles. The SMILES string of the molecule is CC(C)c1ccccc1NC(=O)NCCOc1ccc(F)c(F)c1. The van der Waals surface area contributed by atoms with Gasteiger partial charge in [-0.2, -0.15) is 0 Å². The number of carbonyl (C=O) groups is 1. The molecule has 0 spiro atoms. The summed E-state index contributed by atoms with van der Waals surface area (Å²) in [6.07, 6.45) is 0. The highest BCUT2D eigenvalue weighted by Crippen LogP contribution is 2.23. The molecule has 0 bridgehead atoms. The van der Waals surface area contributed by atoms with E-state index < -0.39 is 11.6 Å². The summed E-state index contributed by atoms with van der Waals surface area (Å²) in [5.41, 5.74) is 1.80. The van der Waals surface area contributed by atoms with Crippen molar-refractivity contribution in [1.29, 1.82) is 0 Å². The molecule has 0 aliphatic carbocycles. The normalized spacial score (nSPS) is 10.5. The average Bonchev–Trinajstić information content (AvgIpc) is 2.55. The number of carbonyl (C=O) groups excluding carboxylic acids is 1. The lowest BCUT2D eigenvalue weighted by atomic mass is 10.0. The largest absolute Gasteiger partial charge is 0.492 e. The van der Waals surface area contributed by atoms with E-state index in [1.54, 1.807) is 0 Å². The molecule has 0 fully saturated rings. The Morgan fingerprint density at radius 3 is 2.58 bits per heavy atom. The highest BCUT2D eigenvalue weighted by Gasteiger charge is 2.08. The van der Waals surface area contributed by atoms with Crippen molar-refractivity contribution in [3.63, 3.8) is 0 Å². The van der Waals surface area contributed by atoms with Crippen LogP contribution in [-0.4, -0.2) is 19.2 Å². The second-order valence-electron chi connectivity index (χ2n) is 5.55. The molecule has 4 nitrogen and oxygen atoms in total. The number of nitrogens with one attached hydrogen (secondary N) is 2. The Morgan fingerprint density at radius 1 is 1.12 bits per heavy atom. The van der Waals surface area contributed by atoms with Crippen LogP contribution in [0.3, 0.4) is 0 Å². The molecular weight excluding hydrogens is 314 g/mol. The van der Waals surface area contributed by atoms with Crippen LogP contribution in [0, 0.1) is 11.6 Å². The maximum atomic E-state index is 13.0. The number of rotatable bonds is 6. The van der Waals surface area contributed by atoms with Gasteiger partial charge in [-0.25, -0.2) is 13.6 Å². The van der Waals surface area contributed by atoms with Crippen LogP contribution in [0.5, 0.6) is 5.75 Å². The van der Waals surface area contributed by atoms with E-state index in [2.05, 4.69) is 10.6 Å². The van der Waals surface area contributed by atoms with E-state index in [-0.39, 0.29) is 24.9 Å². The van der Waals surface area contributed by atoms with Crippen LogP contribution < -0.4 is 15.4 Å². The first-order chi connectivity index (χ1) is 11.5. The maximum Gasteiger partial charge on any atom is 0.319 e. The van der Waals surface area contributed by atoms with Crippen molar-refractivity contribution in [2.24, 2.45) is 0 Å². The molecular formula is C18H20F2N2O2. The number of anilines is 1. The summed E-state index contributed by atoms with van der Waals surface area (Å²) >= 11 is 0. The van der Waals surface area contributed by atoms with Crippen molar-refractivity contribution < 1.29 is 18.3 Å². The molecule has 0 saturated carbocycles. The van der Waals surface area contributed by atoms with Crippen molar-refractivity contribution in [2.45, 2.75) is 19.8 Å². The van der Waals surface area contributed by atoms with Crippen molar-refractivity contribution in [3.05, 3.63) is 59.7 Å². The van der Waals surface area contributed by atoms with Gasteiger partial charge >= 0.3 is 6.03 Å². The van der Waals surface area contributed by atoms with E-state index in [1.807, 2.05) is 38.1 Å². The molecule has 0 unspecified atom stereocenters. The molecule has 6 heteroatoms. The Morgan fingerprint density at radius 2 is 1.88 bits per heavy atom. The first-order valence-electron chi connectivity index (χ1n) is 7.69. The van der Waals surface area contributed by atoms with E-state index in [4.69, 9.17) is 4.74 Å². The van der Waals surface area contributed by atoms with Crippen LogP contribution in [0.2, 0.25) is 0 Å². The number of benzene rings is 2. The third-order valence-electron chi connectivity index (χ3n) is 3.38. The second kappa shape index (κ2) is 8.29. The summed E-state index contributed by atoms with van der Waals surface area (Å²) in [5.74, 6) is -1.40. The first-order valence-corrected chi connectivity index (χ1v) is 7.69. The van der Waals surface area contributed by atoms with E-state index in [9.17, 15) is 13.6 Å². The smallest absolute Gasteiger partial charge is 0.319 e. The van der Waals surface area contributed by atoms with Gasteiger partial charge in [-0.1, -0.05) is 32.0 Å². The molecule has 2 rings (SSSR count). The highest BCUT2D eigenvalue weighted by molar-refractivity contribution is 5.90. The van der Waals surface area contributed by atoms with E-state index in [0.29, 0.717) is 5.92 Å². The standard InChI is InChI=1S/C18H20F2N2O2/c1-12(2)14-5-3-4-6-17(14)22-18(23)21-9-10-24-13-7-8-15(19)16(20)11-13/h3-8,11-12H,9-10H2,1-2H3,(H2,21,22,23). The van der Waals surface area contributed by atoms with Gasteiger partial charge in [0.05, 0.1) is 6.54 Å². The summed E-state index contributed by atoms with van der Waals surface area (Å²) in [7, 11) is 0. The molecule has 2 N–H and O–H groups in total. The molecule has 0 saturated heterocycles. The Bertz CT molecular complexity index is 705. The number of amides is 2. The van der Waals surface area contributed by atoms with Gasteiger partial charge in [-0.3, -0.25) is 0 Å². The van der Waals surface area contributed by atoms with Crippen molar-refractivity contribution in [3.8, 4) is 5.75 Å². The number of hydrogen-bond donors (Lipinski definition) is 2. The highest BCUT2D eigenvalue weighted by atomic mass is 19.2. The fourth-order valence-electron chi connectivity index (χ4n) is 2.18. The zero-order chi connectivity index (χ0) is 17.5. The van der Waals surface area contributed by atoms with Crippen LogP contribution in [0.15, 0.2) is 42.5 Å². The lowest BCUT2D eigenvalue weighted by molar-refractivity contribution is 0.247. The van der Waals surface area contributed by atoms with E-state index >= 15 is 0 Å². The summed E-state index contributed by atoms with van der Waals surface area (Å²) in [6.45, 7) is 4.47. The summed E-state index contributed by atoms with van der Waals surface area (Å²) in [6, 6.07) is 10.5. The van der Waals surface area contributed by atoms with Gasteiger partial charge < -0.3 is 15.4 Å². The lowest BCUT2D eigenvalue weighted by Crippen LogP contribution is -2.32. The zero-order valence-electron chi connectivity index (χ0n) is 13.6. The number of hydrogen-bond acceptors (Lipinski definition) is 2. The molecule has 0 aliphatic rings. The molecule has 0 heterocycles. The molecule has 2 aromatic rings. The summed E-state index contributed by atoms with van der Waals surface area (Å²) in [5, 5.41) is 5.44. The zero-order valence-corrected chi connectivity index (χ0v) is 13.6. The molecule has 0 aliphatic heterocycles. The quantitative estimate of drug-likeness (QED) is 0.774. The maximum absolute atomic E-state index is 13.0. The van der Waals surface area contributed by atoms with Crippen LogP contribution in [0.1, 0.15) is 25.3 Å². The first kappa shape index (κ1) is 17.7. The van der Waals surface area contributed by atoms with Crippen molar-refractivity contribution in [1.82, 2.24) is 5.32 Å². The molecule has 2 aromatic carbocycles. The Hall–Kier alpha value is -2.63. The van der Waals surface area contributed by atoms with Gasteiger partial charge in [0.15, 0.2) is 11.6 Å².